The van der Waals surface area contributed by atoms with Gasteiger partial charge in [-0.1, -0.05) is 38.0 Å². The van der Waals surface area contributed by atoms with Gasteiger partial charge in [-0.25, -0.2) is 0 Å². The van der Waals surface area contributed by atoms with Crippen molar-refractivity contribution in [3.05, 3.63) is 53.9 Å². The number of methoxy groups -OCH3 is 1. The number of nitrogens with zero attached hydrogens (tertiary/aromatic N) is 1. The van der Waals surface area contributed by atoms with Gasteiger partial charge in [0.25, 0.3) is 5.91 Å². The third kappa shape index (κ3) is 5.26. The van der Waals surface area contributed by atoms with Crippen LogP contribution in [0.5, 0.6) is 5.75 Å². The molecular formula is C19H25N3O2. The second kappa shape index (κ2) is 9.55. The van der Waals surface area contributed by atoms with E-state index in [1.807, 2.05) is 30.3 Å². The molecule has 2 rings (SSSR count). The maximum atomic E-state index is 12.1. The van der Waals surface area contributed by atoms with E-state index >= 15 is 0 Å². The minimum absolute atomic E-state index is 0.0838. The highest BCUT2D eigenvalue weighted by Crippen LogP contribution is 2.19. The number of carbonyl (C=O) groups is 1. The summed E-state index contributed by atoms with van der Waals surface area (Å²) >= 11 is 0. The van der Waals surface area contributed by atoms with Gasteiger partial charge >= 0.3 is 0 Å². The molecule has 0 saturated heterocycles. The van der Waals surface area contributed by atoms with Gasteiger partial charge in [0.15, 0.2) is 0 Å². The highest BCUT2D eigenvalue weighted by Gasteiger charge is 2.07. The number of unbranched alkanes of at least 4 members (excludes halogenated alkanes) is 2. The highest BCUT2D eigenvalue weighted by atomic mass is 16.5. The lowest BCUT2D eigenvalue weighted by Crippen LogP contribution is -2.24. The van der Waals surface area contributed by atoms with Crippen LogP contribution in [0.3, 0.4) is 0 Å². The minimum atomic E-state index is -0.0838. The summed E-state index contributed by atoms with van der Waals surface area (Å²) in [6, 6.07) is 9.65. The van der Waals surface area contributed by atoms with Crippen LogP contribution in [0.15, 0.2) is 42.7 Å². The van der Waals surface area contributed by atoms with E-state index in [9.17, 15) is 4.79 Å². The zero-order valence-corrected chi connectivity index (χ0v) is 14.3. The number of hydrogen-bond donors (Lipinski definition) is 2. The summed E-state index contributed by atoms with van der Waals surface area (Å²) in [6.45, 7) is 3.45. The molecule has 1 aromatic heterocycles. The first-order valence-electron chi connectivity index (χ1n) is 8.33. The van der Waals surface area contributed by atoms with E-state index in [2.05, 4.69) is 22.5 Å². The van der Waals surface area contributed by atoms with E-state index in [-0.39, 0.29) is 5.91 Å². The summed E-state index contributed by atoms with van der Waals surface area (Å²) in [5.41, 5.74) is 2.42. The molecule has 0 radical (unpaired) electrons. The monoisotopic (exact) mass is 327 g/mol. The standard InChI is InChI=1S/C19H25N3O2/c1-3-4-7-10-21-19(23)16-11-17(14-20-12-16)22-13-15-8-5-6-9-18(15)24-2/h5-6,8-9,11-12,14,22H,3-4,7,10,13H2,1-2H3,(H,21,23). The molecule has 0 fully saturated rings. The average Bonchev–Trinajstić information content (AvgIpc) is 2.64. The van der Waals surface area contributed by atoms with Crippen LogP contribution < -0.4 is 15.4 Å². The van der Waals surface area contributed by atoms with Gasteiger partial charge in [0.05, 0.1) is 18.4 Å². The number of ether oxygens (including phenoxy) is 1. The molecule has 0 aliphatic rings. The molecule has 128 valence electrons. The first-order chi connectivity index (χ1) is 11.7. The molecule has 0 saturated carbocycles. The first kappa shape index (κ1) is 17.8. The van der Waals surface area contributed by atoms with Crippen molar-refractivity contribution in [3.63, 3.8) is 0 Å². The van der Waals surface area contributed by atoms with Crippen molar-refractivity contribution in [2.45, 2.75) is 32.7 Å². The average molecular weight is 327 g/mol. The lowest BCUT2D eigenvalue weighted by molar-refractivity contribution is 0.0952. The highest BCUT2D eigenvalue weighted by molar-refractivity contribution is 5.94. The van der Waals surface area contributed by atoms with Crippen LogP contribution in [0.25, 0.3) is 0 Å². The number of benzene rings is 1. The molecule has 5 nitrogen and oxygen atoms in total. The van der Waals surface area contributed by atoms with Crippen LogP contribution in [-0.2, 0) is 6.54 Å². The molecule has 0 aliphatic heterocycles. The Morgan fingerprint density at radius 2 is 2.04 bits per heavy atom. The predicted octanol–water partition coefficient (Wildman–Crippen LogP) is 3.62. The van der Waals surface area contributed by atoms with Crippen LogP contribution in [0.2, 0.25) is 0 Å². The molecule has 24 heavy (non-hydrogen) atoms. The number of anilines is 1. The van der Waals surface area contributed by atoms with E-state index in [4.69, 9.17) is 4.74 Å². The van der Waals surface area contributed by atoms with Crippen molar-refractivity contribution in [1.29, 1.82) is 0 Å². The van der Waals surface area contributed by atoms with Gasteiger partial charge in [-0.2, -0.15) is 0 Å². The fourth-order valence-corrected chi connectivity index (χ4v) is 2.39. The molecule has 0 unspecified atom stereocenters. The summed E-state index contributed by atoms with van der Waals surface area (Å²) in [4.78, 5) is 16.3. The van der Waals surface area contributed by atoms with Gasteiger partial charge in [0.1, 0.15) is 5.75 Å². The van der Waals surface area contributed by atoms with Gasteiger partial charge in [-0.3, -0.25) is 9.78 Å². The Morgan fingerprint density at radius 3 is 2.83 bits per heavy atom. The zero-order valence-electron chi connectivity index (χ0n) is 14.3. The maximum Gasteiger partial charge on any atom is 0.252 e. The van der Waals surface area contributed by atoms with E-state index in [1.165, 1.54) is 0 Å². The van der Waals surface area contributed by atoms with Crippen LogP contribution in [-0.4, -0.2) is 24.5 Å². The summed E-state index contributed by atoms with van der Waals surface area (Å²) in [5.74, 6) is 0.752. The zero-order chi connectivity index (χ0) is 17.2. The summed E-state index contributed by atoms with van der Waals surface area (Å²) in [5, 5.41) is 6.21. The minimum Gasteiger partial charge on any atom is -0.496 e. The molecule has 2 N–H and O–H groups in total. The molecular weight excluding hydrogens is 302 g/mol. The fourth-order valence-electron chi connectivity index (χ4n) is 2.39. The number of aromatic nitrogens is 1. The van der Waals surface area contributed by atoms with Crippen molar-refractivity contribution in [3.8, 4) is 5.75 Å². The Morgan fingerprint density at radius 1 is 1.21 bits per heavy atom. The molecule has 1 aromatic carbocycles. The van der Waals surface area contributed by atoms with Crippen molar-refractivity contribution in [2.75, 3.05) is 19.0 Å². The van der Waals surface area contributed by atoms with Gasteiger partial charge in [-0.15, -0.1) is 0 Å². The van der Waals surface area contributed by atoms with Gasteiger partial charge in [0, 0.05) is 31.0 Å². The lowest BCUT2D eigenvalue weighted by atomic mass is 10.2. The lowest BCUT2D eigenvalue weighted by Gasteiger charge is -2.11. The largest absolute Gasteiger partial charge is 0.496 e. The number of rotatable bonds is 9. The quantitative estimate of drug-likeness (QED) is 0.691. The molecule has 0 spiro atoms. The van der Waals surface area contributed by atoms with Crippen molar-refractivity contribution in [1.82, 2.24) is 10.3 Å². The molecule has 0 aliphatic carbocycles. The van der Waals surface area contributed by atoms with Crippen LogP contribution >= 0.6 is 0 Å². The molecule has 1 amide bonds. The van der Waals surface area contributed by atoms with Crippen molar-refractivity contribution in [2.24, 2.45) is 0 Å². The smallest absolute Gasteiger partial charge is 0.252 e. The maximum absolute atomic E-state index is 12.1. The van der Waals surface area contributed by atoms with Crippen LogP contribution in [0, 0.1) is 0 Å². The Balaban J connectivity index is 1.93. The van der Waals surface area contributed by atoms with Crippen molar-refractivity contribution < 1.29 is 9.53 Å². The number of amides is 1. The van der Waals surface area contributed by atoms with E-state index in [0.717, 1.165) is 36.3 Å². The third-order valence-corrected chi connectivity index (χ3v) is 3.74. The summed E-state index contributed by atoms with van der Waals surface area (Å²) in [7, 11) is 1.66. The summed E-state index contributed by atoms with van der Waals surface area (Å²) < 4.78 is 5.34. The number of hydrogen-bond acceptors (Lipinski definition) is 4. The van der Waals surface area contributed by atoms with Crippen LogP contribution in [0.1, 0.15) is 42.1 Å². The number of carbonyl (C=O) groups excluding carboxylic acids is 1. The number of pyridine rings is 1. The van der Waals surface area contributed by atoms with Gasteiger partial charge < -0.3 is 15.4 Å². The Hall–Kier alpha value is -2.56. The van der Waals surface area contributed by atoms with Gasteiger partial charge in [0.2, 0.25) is 0 Å². The molecule has 0 atom stereocenters. The fraction of sp³-hybridized carbons (Fsp3) is 0.368. The molecule has 1 heterocycles. The third-order valence-electron chi connectivity index (χ3n) is 3.74. The Kier molecular flexibility index (Phi) is 7.08. The molecule has 0 bridgehead atoms. The topological polar surface area (TPSA) is 63.2 Å². The second-order valence-electron chi connectivity index (χ2n) is 5.59. The summed E-state index contributed by atoms with van der Waals surface area (Å²) in [6.07, 6.45) is 6.56. The molecule has 5 heteroatoms. The van der Waals surface area contributed by atoms with Crippen molar-refractivity contribution >= 4 is 11.6 Å². The Bertz CT molecular complexity index is 659. The number of para-hydroxylation sites is 1. The van der Waals surface area contributed by atoms with E-state index < -0.39 is 0 Å². The van der Waals surface area contributed by atoms with Gasteiger partial charge in [-0.05, 0) is 18.6 Å². The van der Waals surface area contributed by atoms with E-state index in [1.54, 1.807) is 19.5 Å². The first-order valence-corrected chi connectivity index (χ1v) is 8.33. The number of nitrogens with one attached hydrogen (secondary N) is 2. The SMILES string of the molecule is CCCCCNC(=O)c1cncc(NCc2ccccc2OC)c1. The predicted molar refractivity (Wildman–Crippen MR) is 96.4 cm³/mol. The Labute approximate surface area is 143 Å². The second-order valence-corrected chi connectivity index (χ2v) is 5.59. The normalized spacial score (nSPS) is 10.2. The molecule has 2 aromatic rings. The van der Waals surface area contributed by atoms with E-state index in [0.29, 0.717) is 18.7 Å². The van der Waals surface area contributed by atoms with Crippen LogP contribution in [0.4, 0.5) is 5.69 Å².